The second-order valence-corrected chi connectivity index (χ2v) is 7.59. The van der Waals surface area contributed by atoms with Crippen LogP contribution in [0.15, 0.2) is 12.4 Å². The van der Waals surface area contributed by atoms with Gasteiger partial charge in [0.15, 0.2) is 0 Å². The molecule has 8 nitrogen and oxygen atoms in total. The van der Waals surface area contributed by atoms with Gasteiger partial charge in [-0.15, -0.1) is 0 Å². The quantitative estimate of drug-likeness (QED) is 0.828. The Morgan fingerprint density at radius 1 is 1.18 bits per heavy atom. The Morgan fingerprint density at radius 2 is 2.00 bits per heavy atom. The van der Waals surface area contributed by atoms with Gasteiger partial charge in [0.1, 0.15) is 5.82 Å². The number of carbonyl (C=O) groups is 1. The summed E-state index contributed by atoms with van der Waals surface area (Å²) in [7, 11) is 1.60. The first-order chi connectivity index (χ1) is 13.6. The Labute approximate surface area is 165 Å². The lowest BCUT2D eigenvalue weighted by atomic mass is 9.94. The highest BCUT2D eigenvalue weighted by atomic mass is 16.2. The second kappa shape index (κ2) is 7.79. The van der Waals surface area contributed by atoms with Crippen molar-refractivity contribution in [2.45, 2.75) is 51.6 Å². The molecule has 2 aliphatic rings. The van der Waals surface area contributed by atoms with Gasteiger partial charge in [-0.25, -0.2) is 9.97 Å². The van der Waals surface area contributed by atoms with Crippen LogP contribution in [0.25, 0.3) is 0 Å². The molecule has 0 radical (unpaired) electrons. The first-order valence-electron chi connectivity index (χ1n) is 9.95. The van der Waals surface area contributed by atoms with Gasteiger partial charge >= 0.3 is 0 Å². The van der Waals surface area contributed by atoms with E-state index in [9.17, 15) is 4.79 Å². The molecule has 0 saturated carbocycles. The minimum absolute atomic E-state index is 0.230. The monoisotopic (exact) mass is 381 g/mol. The highest BCUT2D eigenvalue weighted by molar-refractivity contribution is 5.90. The van der Waals surface area contributed by atoms with Crippen LogP contribution in [0.1, 0.15) is 58.6 Å². The molecule has 2 N–H and O–H groups in total. The number of fused-ring (bicyclic) bond motifs is 1. The average Bonchev–Trinajstić information content (AvgIpc) is 3.18. The number of amides is 1. The van der Waals surface area contributed by atoms with Crippen molar-refractivity contribution in [3.63, 3.8) is 0 Å². The Balaban J connectivity index is 1.50. The fraction of sp³-hybridized carbons (Fsp3) is 0.550. The van der Waals surface area contributed by atoms with Gasteiger partial charge in [-0.2, -0.15) is 0 Å². The molecule has 2 atom stereocenters. The largest absolute Gasteiger partial charge is 0.355 e. The van der Waals surface area contributed by atoms with E-state index >= 15 is 0 Å². The zero-order valence-corrected chi connectivity index (χ0v) is 16.7. The topological polar surface area (TPSA) is 95.9 Å². The summed E-state index contributed by atoms with van der Waals surface area (Å²) in [5, 5.41) is 6.40. The molecule has 8 heteroatoms. The van der Waals surface area contributed by atoms with E-state index in [1.165, 1.54) is 0 Å². The second-order valence-electron chi connectivity index (χ2n) is 7.59. The van der Waals surface area contributed by atoms with E-state index in [0.717, 1.165) is 67.2 Å². The van der Waals surface area contributed by atoms with Gasteiger partial charge in [0.05, 0.1) is 17.4 Å². The van der Waals surface area contributed by atoms with Crippen LogP contribution in [0.2, 0.25) is 0 Å². The number of aromatic nitrogens is 4. The fourth-order valence-corrected chi connectivity index (χ4v) is 4.14. The van der Waals surface area contributed by atoms with E-state index in [-0.39, 0.29) is 17.8 Å². The Kier molecular flexibility index (Phi) is 5.21. The van der Waals surface area contributed by atoms with Crippen molar-refractivity contribution in [2.24, 2.45) is 0 Å². The van der Waals surface area contributed by atoms with Crippen LogP contribution in [0, 0.1) is 13.8 Å². The van der Waals surface area contributed by atoms with Crippen molar-refractivity contribution >= 4 is 11.7 Å². The molecule has 2 aromatic rings. The molecule has 1 saturated heterocycles. The molecule has 4 rings (SSSR count). The summed E-state index contributed by atoms with van der Waals surface area (Å²) in [6, 6.07) is 0.619. The first-order valence-corrected chi connectivity index (χ1v) is 9.95. The predicted molar refractivity (Wildman–Crippen MR) is 106 cm³/mol. The van der Waals surface area contributed by atoms with E-state index < -0.39 is 0 Å². The van der Waals surface area contributed by atoms with Crippen molar-refractivity contribution in [1.29, 1.82) is 0 Å². The summed E-state index contributed by atoms with van der Waals surface area (Å²) in [4.78, 5) is 32.2. The van der Waals surface area contributed by atoms with Crippen molar-refractivity contribution in [3.05, 3.63) is 40.9 Å². The van der Waals surface area contributed by atoms with Crippen LogP contribution in [-0.4, -0.2) is 52.0 Å². The van der Waals surface area contributed by atoms with Crippen molar-refractivity contribution in [2.75, 3.05) is 25.0 Å². The number of nitrogens with one attached hydrogen (secondary N) is 2. The third kappa shape index (κ3) is 3.56. The number of nitrogens with zero attached hydrogens (tertiary/aromatic N) is 5. The van der Waals surface area contributed by atoms with E-state index in [0.29, 0.717) is 6.04 Å². The van der Waals surface area contributed by atoms with Gasteiger partial charge < -0.3 is 15.5 Å². The predicted octanol–water partition coefficient (Wildman–Crippen LogP) is 1.49. The summed E-state index contributed by atoms with van der Waals surface area (Å²) in [5.74, 6) is 0.836. The summed E-state index contributed by atoms with van der Waals surface area (Å²) >= 11 is 0. The number of carbonyl (C=O) groups excluding carboxylic acids is 1. The van der Waals surface area contributed by atoms with Crippen LogP contribution in [-0.2, 0) is 6.42 Å². The number of aryl methyl sites for hydroxylation is 2. The van der Waals surface area contributed by atoms with Gasteiger partial charge in [-0.05, 0) is 39.5 Å². The van der Waals surface area contributed by atoms with Crippen molar-refractivity contribution < 1.29 is 4.79 Å². The summed E-state index contributed by atoms with van der Waals surface area (Å²) in [5.41, 5.74) is 4.10. The number of hydrogen-bond acceptors (Lipinski definition) is 7. The molecule has 2 aromatic heterocycles. The lowest BCUT2D eigenvalue weighted by Crippen LogP contribution is -2.38. The van der Waals surface area contributed by atoms with Crippen LogP contribution in [0.3, 0.4) is 0 Å². The van der Waals surface area contributed by atoms with E-state index in [4.69, 9.17) is 0 Å². The van der Waals surface area contributed by atoms with E-state index in [2.05, 4.69) is 35.5 Å². The maximum Gasteiger partial charge on any atom is 0.288 e. The van der Waals surface area contributed by atoms with Crippen LogP contribution < -0.4 is 15.5 Å². The van der Waals surface area contributed by atoms with E-state index in [1.54, 1.807) is 19.4 Å². The van der Waals surface area contributed by atoms with Gasteiger partial charge in [-0.3, -0.25) is 14.8 Å². The van der Waals surface area contributed by atoms with Crippen LogP contribution >= 0.6 is 0 Å². The Bertz CT molecular complexity index is 885. The standard InChI is InChI=1S/C20H27N7O/c1-12-13(2)24-18(20(28)21-3)26-19(12)27-10-7-14(11-27)25-16-6-4-5-15-17(16)23-9-8-22-15/h8-9,14,16,25H,4-7,10-11H2,1-3H3,(H,21,28)/t14-,16?/m1/s1. The molecule has 0 bridgehead atoms. The number of rotatable bonds is 4. The summed E-state index contributed by atoms with van der Waals surface area (Å²) in [6.07, 6.45) is 7.84. The molecule has 1 aliphatic carbocycles. The van der Waals surface area contributed by atoms with Gasteiger partial charge in [-0.1, -0.05) is 0 Å². The third-order valence-corrected chi connectivity index (χ3v) is 5.76. The highest BCUT2D eigenvalue weighted by Crippen LogP contribution is 2.29. The summed E-state index contributed by atoms with van der Waals surface area (Å²) in [6.45, 7) is 5.71. The smallest absolute Gasteiger partial charge is 0.288 e. The zero-order chi connectivity index (χ0) is 19.7. The lowest BCUT2D eigenvalue weighted by Gasteiger charge is -2.27. The van der Waals surface area contributed by atoms with Gasteiger partial charge in [0, 0.05) is 49.8 Å². The SMILES string of the molecule is CNC(=O)c1nc(C)c(C)c(N2CC[C@@H](NC3CCCc4nccnc43)C2)n1. The fourth-order valence-electron chi connectivity index (χ4n) is 4.14. The molecule has 1 amide bonds. The Morgan fingerprint density at radius 3 is 2.82 bits per heavy atom. The molecule has 0 aromatic carbocycles. The van der Waals surface area contributed by atoms with Gasteiger partial charge in [0.2, 0.25) is 5.82 Å². The summed E-state index contributed by atoms with van der Waals surface area (Å²) < 4.78 is 0. The number of hydrogen-bond donors (Lipinski definition) is 2. The normalized spacial score (nSPS) is 21.5. The maximum absolute atomic E-state index is 12.0. The molecule has 28 heavy (non-hydrogen) atoms. The molecular weight excluding hydrogens is 354 g/mol. The molecule has 1 fully saturated rings. The highest BCUT2D eigenvalue weighted by Gasteiger charge is 2.30. The van der Waals surface area contributed by atoms with Crippen LogP contribution in [0.4, 0.5) is 5.82 Å². The molecular formula is C20H27N7O. The average molecular weight is 381 g/mol. The Hall–Kier alpha value is -2.61. The zero-order valence-electron chi connectivity index (χ0n) is 16.7. The molecule has 1 aliphatic heterocycles. The first kappa shape index (κ1) is 18.7. The lowest BCUT2D eigenvalue weighted by molar-refractivity contribution is 0.0952. The molecule has 148 valence electrons. The molecule has 0 spiro atoms. The molecule has 3 heterocycles. The molecule has 1 unspecified atom stereocenters. The van der Waals surface area contributed by atoms with Crippen molar-refractivity contribution in [1.82, 2.24) is 30.6 Å². The van der Waals surface area contributed by atoms with E-state index in [1.807, 2.05) is 13.8 Å². The number of anilines is 1. The minimum atomic E-state index is -0.254. The van der Waals surface area contributed by atoms with Crippen LogP contribution in [0.5, 0.6) is 0 Å². The third-order valence-electron chi connectivity index (χ3n) is 5.76. The minimum Gasteiger partial charge on any atom is -0.355 e. The van der Waals surface area contributed by atoms with Gasteiger partial charge in [0.25, 0.3) is 5.91 Å². The maximum atomic E-state index is 12.0. The van der Waals surface area contributed by atoms with Crippen molar-refractivity contribution in [3.8, 4) is 0 Å².